The molecule has 3 rings (SSSR count). The summed E-state index contributed by atoms with van der Waals surface area (Å²) in [6.07, 6.45) is 0. The molecular formula is C21H18N2O6S. The van der Waals surface area contributed by atoms with Crippen molar-refractivity contribution in [2.45, 2.75) is 4.90 Å². The lowest BCUT2D eigenvalue weighted by atomic mass is 10.1. The van der Waals surface area contributed by atoms with Crippen molar-refractivity contribution in [1.82, 2.24) is 0 Å². The van der Waals surface area contributed by atoms with Crippen LogP contribution in [0.25, 0.3) is 0 Å². The third-order valence-electron chi connectivity index (χ3n) is 4.13. The molecule has 3 N–H and O–H groups in total. The number of benzene rings is 3. The summed E-state index contributed by atoms with van der Waals surface area (Å²) < 4.78 is 32.6. The lowest BCUT2D eigenvalue weighted by Crippen LogP contribution is -2.19. The first-order valence-corrected chi connectivity index (χ1v) is 10.2. The Morgan fingerprint density at radius 2 is 1.57 bits per heavy atom. The molecule has 1 amide bonds. The number of esters is 1. The predicted molar refractivity (Wildman–Crippen MR) is 111 cm³/mol. The molecule has 0 spiro atoms. The lowest BCUT2D eigenvalue weighted by molar-refractivity contribution is 0.0597. The molecule has 0 unspecified atom stereocenters. The van der Waals surface area contributed by atoms with Gasteiger partial charge in [-0.15, -0.1) is 0 Å². The van der Waals surface area contributed by atoms with E-state index in [0.717, 1.165) is 25.3 Å². The van der Waals surface area contributed by atoms with Crippen LogP contribution in [0.4, 0.5) is 11.4 Å². The number of nitrogens with one attached hydrogen (secondary N) is 2. The first-order valence-electron chi connectivity index (χ1n) is 8.71. The number of sulfonamides is 1. The van der Waals surface area contributed by atoms with Crippen molar-refractivity contribution in [3.8, 4) is 5.75 Å². The van der Waals surface area contributed by atoms with Gasteiger partial charge in [-0.3, -0.25) is 9.52 Å². The van der Waals surface area contributed by atoms with Crippen molar-refractivity contribution in [2.24, 2.45) is 0 Å². The topological polar surface area (TPSA) is 122 Å². The Morgan fingerprint density at radius 3 is 2.27 bits per heavy atom. The third-order valence-corrected chi connectivity index (χ3v) is 5.49. The molecule has 0 heterocycles. The first-order chi connectivity index (χ1) is 14.3. The minimum absolute atomic E-state index is 0.0543. The monoisotopic (exact) mass is 426 g/mol. The van der Waals surface area contributed by atoms with E-state index in [-0.39, 0.29) is 21.7 Å². The zero-order chi connectivity index (χ0) is 21.7. The van der Waals surface area contributed by atoms with Crippen LogP contribution in [0.2, 0.25) is 0 Å². The molecule has 0 aromatic heterocycles. The summed E-state index contributed by atoms with van der Waals surface area (Å²) in [7, 11) is -3.06. The van der Waals surface area contributed by atoms with Crippen molar-refractivity contribution in [1.29, 1.82) is 0 Å². The highest BCUT2D eigenvalue weighted by Crippen LogP contribution is 2.25. The standard InChI is InChI=1S/C21H18N2O6S/c1-29-21(26)17-13-15(11-12-19(17)24)30(27,28)23-18-10-6-5-9-16(18)20(25)22-14-7-3-2-4-8-14/h2-13,23-24H,1H3,(H,22,25). The second-order valence-corrected chi connectivity index (χ2v) is 7.82. The van der Waals surface area contributed by atoms with Crippen LogP contribution in [0, 0.1) is 0 Å². The number of carbonyl (C=O) groups excluding carboxylic acids is 2. The highest BCUT2D eigenvalue weighted by molar-refractivity contribution is 7.92. The molecule has 0 bridgehead atoms. The number of rotatable bonds is 6. The number of aromatic hydroxyl groups is 1. The normalized spacial score (nSPS) is 10.8. The number of amides is 1. The number of anilines is 2. The summed E-state index contributed by atoms with van der Waals surface area (Å²) in [5.41, 5.74) is 0.424. The van der Waals surface area contributed by atoms with Crippen LogP contribution in [0.15, 0.2) is 77.7 Å². The van der Waals surface area contributed by atoms with E-state index in [0.29, 0.717) is 5.69 Å². The van der Waals surface area contributed by atoms with Crippen molar-refractivity contribution in [3.05, 3.63) is 83.9 Å². The van der Waals surface area contributed by atoms with Gasteiger partial charge in [0, 0.05) is 5.69 Å². The van der Waals surface area contributed by atoms with E-state index in [9.17, 15) is 23.1 Å². The SMILES string of the molecule is COC(=O)c1cc(S(=O)(=O)Nc2ccccc2C(=O)Nc2ccccc2)ccc1O. The first kappa shape index (κ1) is 20.9. The third kappa shape index (κ3) is 4.58. The fourth-order valence-electron chi connectivity index (χ4n) is 2.65. The Morgan fingerprint density at radius 1 is 0.900 bits per heavy atom. The summed E-state index contributed by atoms with van der Waals surface area (Å²) in [4.78, 5) is 24.1. The number of phenolic OH excluding ortho intramolecular Hbond substituents is 1. The minimum atomic E-state index is -4.17. The number of ether oxygens (including phenoxy) is 1. The second kappa shape index (κ2) is 8.66. The van der Waals surface area contributed by atoms with Crippen LogP contribution in [0.1, 0.15) is 20.7 Å². The summed E-state index contributed by atoms with van der Waals surface area (Å²) in [5.74, 6) is -1.80. The molecule has 0 saturated carbocycles. The maximum atomic E-state index is 12.8. The van der Waals surface area contributed by atoms with E-state index in [1.165, 1.54) is 12.1 Å². The van der Waals surface area contributed by atoms with Crippen molar-refractivity contribution >= 4 is 33.3 Å². The van der Waals surface area contributed by atoms with E-state index in [4.69, 9.17) is 0 Å². The van der Waals surface area contributed by atoms with Gasteiger partial charge in [0.2, 0.25) is 0 Å². The van der Waals surface area contributed by atoms with Crippen LogP contribution in [-0.4, -0.2) is 32.5 Å². The molecule has 0 radical (unpaired) electrons. The summed E-state index contributed by atoms with van der Waals surface area (Å²) in [5, 5.41) is 12.5. The molecule has 3 aromatic carbocycles. The Balaban J connectivity index is 1.91. The molecule has 9 heteroatoms. The molecular weight excluding hydrogens is 408 g/mol. The van der Waals surface area contributed by atoms with Gasteiger partial charge in [0.15, 0.2) is 0 Å². The zero-order valence-electron chi connectivity index (χ0n) is 15.8. The summed E-state index contributed by atoms with van der Waals surface area (Å²) in [6, 6.07) is 18.0. The molecule has 0 fully saturated rings. The van der Waals surface area contributed by atoms with E-state index in [2.05, 4.69) is 14.8 Å². The van der Waals surface area contributed by atoms with Crippen LogP contribution in [0.5, 0.6) is 5.75 Å². The number of hydrogen-bond donors (Lipinski definition) is 3. The van der Waals surface area contributed by atoms with Crippen LogP contribution in [-0.2, 0) is 14.8 Å². The molecule has 3 aromatic rings. The molecule has 154 valence electrons. The Hall–Kier alpha value is -3.85. The van der Waals surface area contributed by atoms with Gasteiger partial charge in [-0.1, -0.05) is 30.3 Å². The van der Waals surface area contributed by atoms with E-state index >= 15 is 0 Å². The Bertz CT molecular complexity index is 1190. The highest BCUT2D eigenvalue weighted by Gasteiger charge is 2.22. The molecule has 0 aliphatic rings. The minimum Gasteiger partial charge on any atom is -0.507 e. The highest BCUT2D eigenvalue weighted by atomic mass is 32.2. The van der Waals surface area contributed by atoms with Crippen LogP contribution in [0.3, 0.4) is 0 Å². The van der Waals surface area contributed by atoms with Crippen LogP contribution < -0.4 is 10.0 Å². The lowest BCUT2D eigenvalue weighted by Gasteiger charge is -2.13. The van der Waals surface area contributed by atoms with Crippen molar-refractivity contribution < 1.29 is 27.9 Å². The summed E-state index contributed by atoms with van der Waals surface area (Å²) in [6.45, 7) is 0. The van der Waals surface area contributed by atoms with Gasteiger partial charge < -0.3 is 15.2 Å². The van der Waals surface area contributed by atoms with Gasteiger partial charge in [0.1, 0.15) is 11.3 Å². The van der Waals surface area contributed by atoms with Crippen molar-refractivity contribution in [3.63, 3.8) is 0 Å². The number of hydrogen-bond acceptors (Lipinski definition) is 6. The second-order valence-electron chi connectivity index (χ2n) is 6.14. The Labute approximate surface area is 173 Å². The van der Waals surface area contributed by atoms with Gasteiger partial charge in [-0.25, -0.2) is 13.2 Å². The van der Waals surface area contributed by atoms with E-state index < -0.39 is 27.6 Å². The van der Waals surface area contributed by atoms with Gasteiger partial charge >= 0.3 is 5.97 Å². The van der Waals surface area contributed by atoms with Crippen molar-refractivity contribution in [2.75, 3.05) is 17.1 Å². The van der Waals surface area contributed by atoms with Gasteiger partial charge in [-0.2, -0.15) is 0 Å². The zero-order valence-corrected chi connectivity index (χ0v) is 16.6. The fraction of sp³-hybridized carbons (Fsp3) is 0.0476. The average Bonchev–Trinajstić information content (AvgIpc) is 2.74. The molecule has 30 heavy (non-hydrogen) atoms. The number of carbonyl (C=O) groups is 2. The maximum absolute atomic E-state index is 12.8. The average molecular weight is 426 g/mol. The molecule has 0 aliphatic carbocycles. The fourth-order valence-corrected chi connectivity index (χ4v) is 3.76. The molecule has 0 saturated heterocycles. The number of phenols is 1. The Kier molecular flexibility index (Phi) is 6.03. The largest absolute Gasteiger partial charge is 0.507 e. The predicted octanol–water partition coefficient (Wildman–Crippen LogP) is 3.23. The smallest absolute Gasteiger partial charge is 0.341 e. The van der Waals surface area contributed by atoms with E-state index in [1.54, 1.807) is 42.5 Å². The number of methoxy groups -OCH3 is 1. The van der Waals surface area contributed by atoms with Gasteiger partial charge in [0.25, 0.3) is 15.9 Å². The van der Waals surface area contributed by atoms with Gasteiger partial charge in [-0.05, 0) is 42.5 Å². The molecule has 8 nitrogen and oxygen atoms in total. The van der Waals surface area contributed by atoms with E-state index in [1.807, 2.05) is 0 Å². The van der Waals surface area contributed by atoms with Crippen LogP contribution >= 0.6 is 0 Å². The quantitative estimate of drug-likeness (QED) is 0.520. The number of para-hydroxylation sites is 2. The molecule has 0 atom stereocenters. The molecule has 0 aliphatic heterocycles. The summed E-state index contributed by atoms with van der Waals surface area (Å²) >= 11 is 0. The maximum Gasteiger partial charge on any atom is 0.341 e. The van der Waals surface area contributed by atoms with Gasteiger partial charge in [0.05, 0.1) is 23.3 Å².